The van der Waals surface area contributed by atoms with Gasteiger partial charge in [-0.15, -0.1) is 0 Å². The van der Waals surface area contributed by atoms with Gasteiger partial charge >= 0.3 is 6.18 Å². The van der Waals surface area contributed by atoms with E-state index in [1.54, 1.807) is 30.3 Å². The van der Waals surface area contributed by atoms with Crippen molar-refractivity contribution in [3.63, 3.8) is 0 Å². The molecule has 0 aromatic heterocycles. The van der Waals surface area contributed by atoms with Crippen LogP contribution >= 0.6 is 0 Å². The Kier molecular flexibility index (Phi) is 4.18. The van der Waals surface area contributed by atoms with Gasteiger partial charge in [-0.3, -0.25) is 4.79 Å². The van der Waals surface area contributed by atoms with E-state index >= 15 is 0 Å². The number of benzene rings is 3. The van der Waals surface area contributed by atoms with Crippen LogP contribution in [0.2, 0.25) is 0 Å². The monoisotopic (exact) mass is 453 g/mol. The van der Waals surface area contributed by atoms with E-state index in [9.17, 15) is 18.0 Å². The highest BCUT2D eigenvalue weighted by atomic mass is 19.4. The van der Waals surface area contributed by atoms with E-state index in [2.05, 4.69) is 0 Å². The van der Waals surface area contributed by atoms with Gasteiger partial charge in [0.05, 0.1) is 12.1 Å². The molecule has 3 aliphatic heterocycles. The SMILES string of the molecule is O=C1N(Cc2ccccc2C(F)(F)F)c2ccccc2C12COc1cc3c(cc12)OCCO3. The number of alkyl halides is 3. The number of anilines is 1. The highest BCUT2D eigenvalue weighted by molar-refractivity contribution is 6.11. The third-order valence-electron chi connectivity index (χ3n) is 6.46. The predicted octanol–water partition coefficient (Wildman–Crippen LogP) is 4.70. The van der Waals surface area contributed by atoms with Crippen LogP contribution in [0.3, 0.4) is 0 Å². The van der Waals surface area contributed by atoms with Crippen molar-refractivity contribution < 1.29 is 32.2 Å². The number of halogens is 3. The first kappa shape index (κ1) is 20.0. The Morgan fingerprint density at radius 1 is 0.848 bits per heavy atom. The summed E-state index contributed by atoms with van der Waals surface area (Å²) in [5, 5.41) is 0. The number of ether oxygens (including phenoxy) is 3. The Hall–Kier alpha value is -3.68. The first-order valence-corrected chi connectivity index (χ1v) is 10.5. The van der Waals surface area contributed by atoms with Gasteiger partial charge in [0.1, 0.15) is 31.0 Å². The lowest BCUT2D eigenvalue weighted by molar-refractivity contribution is -0.138. The van der Waals surface area contributed by atoms with Crippen molar-refractivity contribution in [2.75, 3.05) is 24.7 Å². The van der Waals surface area contributed by atoms with Crippen LogP contribution in [0.4, 0.5) is 18.9 Å². The number of para-hydroxylation sites is 1. The predicted molar refractivity (Wildman–Crippen MR) is 113 cm³/mol. The van der Waals surface area contributed by atoms with Gasteiger partial charge < -0.3 is 19.1 Å². The molecule has 0 N–H and O–H groups in total. The Labute approximate surface area is 187 Å². The topological polar surface area (TPSA) is 48.0 Å². The van der Waals surface area contributed by atoms with E-state index in [0.29, 0.717) is 47.3 Å². The fourth-order valence-electron chi connectivity index (χ4n) is 4.97. The largest absolute Gasteiger partial charge is 0.491 e. The Morgan fingerprint density at radius 2 is 1.55 bits per heavy atom. The maximum atomic E-state index is 14.0. The number of hydrogen-bond acceptors (Lipinski definition) is 4. The van der Waals surface area contributed by atoms with Gasteiger partial charge in [0, 0.05) is 17.3 Å². The molecule has 1 atom stereocenters. The summed E-state index contributed by atoms with van der Waals surface area (Å²) in [5.74, 6) is 1.26. The molecule has 1 spiro atoms. The molecule has 0 bridgehead atoms. The number of carbonyl (C=O) groups is 1. The molecular weight excluding hydrogens is 435 g/mol. The maximum Gasteiger partial charge on any atom is 0.416 e. The summed E-state index contributed by atoms with van der Waals surface area (Å²) in [6.45, 7) is 0.668. The normalized spacial score (nSPS) is 20.6. The molecule has 3 aliphatic rings. The summed E-state index contributed by atoms with van der Waals surface area (Å²) < 4.78 is 58.2. The van der Waals surface area contributed by atoms with E-state index in [1.807, 2.05) is 12.1 Å². The minimum atomic E-state index is -4.52. The van der Waals surface area contributed by atoms with Crippen molar-refractivity contribution >= 4 is 11.6 Å². The molecule has 1 unspecified atom stereocenters. The van der Waals surface area contributed by atoms with Crippen LogP contribution in [0, 0.1) is 0 Å². The van der Waals surface area contributed by atoms with E-state index in [0.717, 1.165) is 6.07 Å². The highest BCUT2D eigenvalue weighted by Gasteiger charge is 2.57. The van der Waals surface area contributed by atoms with E-state index in [1.165, 1.54) is 17.0 Å². The van der Waals surface area contributed by atoms with Crippen molar-refractivity contribution in [2.45, 2.75) is 18.1 Å². The smallest absolute Gasteiger partial charge is 0.416 e. The van der Waals surface area contributed by atoms with Crippen LogP contribution in [-0.4, -0.2) is 25.7 Å². The Balaban J connectivity index is 1.48. The molecule has 8 heteroatoms. The molecule has 3 heterocycles. The Bertz CT molecular complexity index is 1290. The summed E-state index contributed by atoms with van der Waals surface area (Å²) in [4.78, 5) is 15.4. The second kappa shape index (κ2) is 6.91. The zero-order valence-electron chi connectivity index (χ0n) is 17.3. The second-order valence-electron chi connectivity index (χ2n) is 8.25. The molecule has 3 aromatic rings. The van der Waals surface area contributed by atoms with Crippen LogP contribution in [-0.2, 0) is 22.9 Å². The third-order valence-corrected chi connectivity index (χ3v) is 6.46. The van der Waals surface area contributed by atoms with Crippen LogP contribution in [0.5, 0.6) is 17.2 Å². The van der Waals surface area contributed by atoms with Crippen LogP contribution in [0.1, 0.15) is 22.3 Å². The zero-order valence-corrected chi connectivity index (χ0v) is 17.3. The molecule has 0 radical (unpaired) electrons. The summed E-state index contributed by atoms with van der Waals surface area (Å²) in [6, 6.07) is 16.0. The van der Waals surface area contributed by atoms with Crippen molar-refractivity contribution in [1.82, 2.24) is 0 Å². The Morgan fingerprint density at radius 3 is 2.33 bits per heavy atom. The maximum absolute atomic E-state index is 14.0. The highest BCUT2D eigenvalue weighted by Crippen LogP contribution is 2.55. The lowest BCUT2D eigenvalue weighted by Gasteiger charge is -2.25. The summed E-state index contributed by atoms with van der Waals surface area (Å²) in [7, 11) is 0. The molecule has 0 saturated carbocycles. The average Bonchev–Trinajstić information content (AvgIpc) is 3.29. The summed E-state index contributed by atoms with van der Waals surface area (Å²) in [6.07, 6.45) is -4.52. The molecular formula is C25H18F3NO4. The first-order chi connectivity index (χ1) is 15.9. The molecule has 3 aromatic carbocycles. The standard InChI is InChI=1S/C25H18F3NO4/c26-25(27,28)16-6-2-1-5-15(16)13-29-19-8-4-3-7-17(19)24(23(29)30)14-33-20-12-22-21(11-18(20)24)31-9-10-32-22/h1-8,11-12H,9-10,13-14H2. The third kappa shape index (κ3) is 2.83. The fourth-order valence-corrected chi connectivity index (χ4v) is 4.97. The molecule has 168 valence electrons. The van der Waals surface area contributed by atoms with Gasteiger partial charge in [-0.25, -0.2) is 0 Å². The number of hydrogen-bond donors (Lipinski definition) is 0. The van der Waals surface area contributed by atoms with Gasteiger partial charge in [0.25, 0.3) is 0 Å². The molecule has 0 aliphatic carbocycles. The molecule has 6 rings (SSSR count). The van der Waals surface area contributed by atoms with E-state index in [4.69, 9.17) is 14.2 Å². The zero-order chi connectivity index (χ0) is 22.8. The molecule has 0 saturated heterocycles. The van der Waals surface area contributed by atoms with Crippen LogP contribution in [0.25, 0.3) is 0 Å². The first-order valence-electron chi connectivity index (χ1n) is 10.5. The van der Waals surface area contributed by atoms with Crippen molar-refractivity contribution in [3.8, 4) is 17.2 Å². The number of nitrogens with zero attached hydrogens (tertiary/aromatic N) is 1. The minimum absolute atomic E-state index is 0.0338. The van der Waals surface area contributed by atoms with Crippen LogP contribution in [0.15, 0.2) is 60.7 Å². The van der Waals surface area contributed by atoms with Crippen molar-refractivity contribution in [3.05, 3.63) is 82.9 Å². The molecule has 0 fully saturated rings. The minimum Gasteiger partial charge on any atom is -0.491 e. The fraction of sp³-hybridized carbons (Fsp3) is 0.240. The number of carbonyl (C=O) groups excluding carboxylic acids is 1. The molecule has 1 amide bonds. The average molecular weight is 453 g/mol. The number of amides is 1. The van der Waals surface area contributed by atoms with Gasteiger partial charge in [-0.1, -0.05) is 36.4 Å². The van der Waals surface area contributed by atoms with Gasteiger partial charge in [0.2, 0.25) is 5.91 Å². The quantitative estimate of drug-likeness (QED) is 0.565. The van der Waals surface area contributed by atoms with E-state index in [-0.39, 0.29) is 24.6 Å². The number of fused-ring (bicyclic) bond motifs is 5. The lowest BCUT2D eigenvalue weighted by atomic mass is 9.77. The van der Waals surface area contributed by atoms with Gasteiger partial charge in [-0.2, -0.15) is 13.2 Å². The van der Waals surface area contributed by atoms with Gasteiger partial charge in [0.15, 0.2) is 11.5 Å². The van der Waals surface area contributed by atoms with Crippen molar-refractivity contribution in [1.29, 1.82) is 0 Å². The number of rotatable bonds is 2. The summed E-state index contributed by atoms with van der Waals surface area (Å²) in [5.41, 5.74) is 0.0385. The van der Waals surface area contributed by atoms with Gasteiger partial charge in [-0.05, 0) is 29.3 Å². The lowest BCUT2D eigenvalue weighted by Crippen LogP contribution is -2.42. The van der Waals surface area contributed by atoms with Crippen molar-refractivity contribution in [2.24, 2.45) is 0 Å². The van der Waals surface area contributed by atoms with E-state index < -0.39 is 17.2 Å². The van der Waals surface area contributed by atoms with Crippen LogP contribution < -0.4 is 19.1 Å². The second-order valence-corrected chi connectivity index (χ2v) is 8.25. The molecule has 33 heavy (non-hydrogen) atoms. The molecule has 5 nitrogen and oxygen atoms in total. The summed E-state index contributed by atoms with van der Waals surface area (Å²) >= 11 is 0.